The first-order chi connectivity index (χ1) is 7.95. The third kappa shape index (κ3) is 1.71. The minimum Gasteiger partial charge on any atom is -0.525 e. The van der Waals surface area contributed by atoms with Gasteiger partial charge in [0, 0.05) is 5.56 Å². The molecule has 0 atom stereocenters. The number of benzene rings is 2. The molecule has 4 heteroatoms. The van der Waals surface area contributed by atoms with E-state index < -0.39 is 19.8 Å². The molecule has 1 aliphatic rings. The number of hydrogen-bond donors (Lipinski definition) is 0. The first-order valence-electron chi connectivity index (χ1n) is 5.33. The Kier molecular flexibility index (Phi) is 2.61. The van der Waals surface area contributed by atoms with Gasteiger partial charge >= 0.3 is 10.0 Å². The average molecular weight is 244 g/mol. The number of fused-ring (bicyclic) bond motifs is 3. The summed E-state index contributed by atoms with van der Waals surface area (Å²) < 4.78 is 11.5. The van der Waals surface area contributed by atoms with Crippen LogP contribution >= 0.6 is 0 Å². The number of para-hydroxylation sites is 1. The van der Waals surface area contributed by atoms with Crippen molar-refractivity contribution < 1.29 is 8.54 Å². The van der Waals surface area contributed by atoms with Crippen molar-refractivity contribution in [1.82, 2.24) is 0 Å². The lowest BCUT2D eigenvalue weighted by Gasteiger charge is -2.18. The SMILES string of the molecule is c1ccc2c(c1)O[SiH2]O[SiH2]c1ccccc1-2. The molecule has 1 aliphatic heterocycles. The lowest BCUT2D eigenvalue weighted by Crippen LogP contribution is -2.26. The molecule has 2 aromatic carbocycles. The van der Waals surface area contributed by atoms with Crippen molar-refractivity contribution in [3.8, 4) is 16.9 Å². The van der Waals surface area contributed by atoms with Gasteiger partial charge < -0.3 is 8.54 Å². The largest absolute Gasteiger partial charge is 0.525 e. The quantitative estimate of drug-likeness (QED) is 0.627. The summed E-state index contributed by atoms with van der Waals surface area (Å²) in [6, 6.07) is 16.7. The van der Waals surface area contributed by atoms with Crippen molar-refractivity contribution >= 4 is 25.0 Å². The van der Waals surface area contributed by atoms with Crippen molar-refractivity contribution in [2.24, 2.45) is 0 Å². The Morgan fingerprint density at radius 1 is 0.812 bits per heavy atom. The standard InChI is InChI=1S/C12H12O2Si2/c1-3-7-11-9(5-1)10-6-2-4-8-12(10)15-14-16-13-11/h1-8H,15-16H2. The molecular weight excluding hydrogens is 232 g/mol. The van der Waals surface area contributed by atoms with Gasteiger partial charge in [0.15, 0.2) is 9.76 Å². The molecule has 0 saturated carbocycles. The van der Waals surface area contributed by atoms with Crippen molar-refractivity contribution in [1.29, 1.82) is 0 Å². The second-order valence-electron chi connectivity index (χ2n) is 3.76. The molecule has 0 aromatic heterocycles. The molecule has 0 bridgehead atoms. The van der Waals surface area contributed by atoms with E-state index >= 15 is 0 Å². The van der Waals surface area contributed by atoms with Gasteiger partial charge in [-0.2, -0.15) is 0 Å². The van der Waals surface area contributed by atoms with Crippen LogP contribution in [0.1, 0.15) is 0 Å². The molecular formula is C12H12O2Si2. The van der Waals surface area contributed by atoms with Gasteiger partial charge in [0.2, 0.25) is 0 Å². The highest BCUT2D eigenvalue weighted by Crippen LogP contribution is 2.28. The fourth-order valence-electron chi connectivity index (χ4n) is 1.98. The third-order valence-corrected chi connectivity index (χ3v) is 5.59. The number of hydrogen-bond acceptors (Lipinski definition) is 2. The van der Waals surface area contributed by atoms with Crippen LogP contribution < -0.4 is 9.61 Å². The molecule has 0 N–H and O–H groups in total. The van der Waals surface area contributed by atoms with Gasteiger partial charge in [-0.25, -0.2) is 0 Å². The highest BCUT2D eigenvalue weighted by atomic mass is 28.3. The van der Waals surface area contributed by atoms with Crippen LogP contribution in [0.2, 0.25) is 0 Å². The smallest absolute Gasteiger partial charge is 0.355 e. The predicted molar refractivity (Wildman–Crippen MR) is 70.3 cm³/mol. The Morgan fingerprint density at radius 2 is 1.56 bits per heavy atom. The van der Waals surface area contributed by atoms with E-state index in [2.05, 4.69) is 36.4 Å². The normalized spacial score (nSPS) is 17.0. The van der Waals surface area contributed by atoms with E-state index in [1.54, 1.807) is 0 Å². The van der Waals surface area contributed by atoms with Gasteiger partial charge in [0.05, 0.1) is 0 Å². The summed E-state index contributed by atoms with van der Waals surface area (Å²) >= 11 is 0. The van der Waals surface area contributed by atoms with Crippen molar-refractivity contribution in [2.75, 3.05) is 0 Å². The zero-order valence-corrected chi connectivity index (χ0v) is 11.7. The van der Waals surface area contributed by atoms with Gasteiger partial charge in [-0.3, -0.25) is 0 Å². The van der Waals surface area contributed by atoms with Crippen molar-refractivity contribution in [2.45, 2.75) is 0 Å². The predicted octanol–water partition coefficient (Wildman–Crippen LogP) is 0.470. The maximum atomic E-state index is 5.74. The molecule has 0 unspecified atom stereocenters. The lowest BCUT2D eigenvalue weighted by atomic mass is 10.0. The Bertz CT molecular complexity index is 466. The van der Waals surface area contributed by atoms with E-state index in [-0.39, 0.29) is 0 Å². The molecule has 0 saturated heterocycles. The van der Waals surface area contributed by atoms with Crippen LogP contribution in [-0.2, 0) is 4.12 Å². The fourth-order valence-corrected chi connectivity index (χ4v) is 4.60. The van der Waals surface area contributed by atoms with Crippen molar-refractivity contribution in [3.05, 3.63) is 48.5 Å². The summed E-state index contributed by atoms with van der Waals surface area (Å²) in [5.41, 5.74) is 2.49. The second-order valence-corrected chi connectivity index (χ2v) is 6.97. The summed E-state index contributed by atoms with van der Waals surface area (Å²) in [6.45, 7) is 0. The van der Waals surface area contributed by atoms with Crippen LogP contribution in [-0.4, -0.2) is 19.8 Å². The zero-order chi connectivity index (χ0) is 10.8. The molecule has 2 nitrogen and oxygen atoms in total. The maximum Gasteiger partial charge on any atom is 0.355 e. The van der Waals surface area contributed by atoms with Crippen LogP contribution in [0.15, 0.2) is 48.5 Å². The molecule has 0 amide bonds. The molecule has 16 heavy (non-hydrogen) atoms. The Hall–Kier alpha value is -1.37. The van der Waals surface area contributed by atoms with E-state index in [4.69, 9.17) is 8.54 Å². The van der Waals surface area contributed by atoms with Gasteiger partial charge in [-0.15, -0.1) is 0 Å². The summed E-state index contributed by atoms with van der Waals surface area (Å²) in [7, 11) is -1.44. The van der Waals surface area contributed by atoms with E-state index in [0.29, 0.717) is 0 Å². The van der Waals surface area contributed by atoms with Crippen LogP contribution in [0, 0.1) is 0 Å². The summed E-state index contributed by atoms with van der Waals surface area (Å²) in [4.78, 5) is 0. The minimum absolute atomic E-state index is 0.603. The second kappa shape index (κ2) is 4.25. The van der Waals surface area contributed by atoms with Gasteiger partial charge in [-0.1, -0.05) is 42.5 Å². The molecule has 0 aliphatic carbocycles. The maximum absolute atomic E-state index is 5.74. The monoisotopic (exact) mass is 244 g/mol. The molecule has 3 rings (SSSR count). The lowest BCUT2D eigenvalue weighted by molar-refractivity contribution is 0.478. The van der Waals surface area contributed by atoms with E-state index in [1.807, 2.05) is 12.1 Å². The Balaban J connectivity index is 2.22. The van der Waals surface area contributed by atoms with E-state index in [1.165, 1.54) is 16.3 Å². The highest BCUT2D eigenvalue weighted by Gasteiger charge is 2.13. The Labute approximate surface area is 99.2 Å². The van der Waals surface area contributed by atoms with Crippen LogP contribution in [0.3, 0.4) is 0 Å². The molecule has 0 radical (unpaired) electrons. The first-order valence-corrected chi connectivity index (χ1v) is 7.77. The molecule has 1 heterocycles. The third-order valence-electron chi connectivity index (χ3n) is 2.75. The Morgan fingerprint density at radius 3 is 2.50 bits per heavy atom. The van der Waals surface area contributed by atoms with Crippen molar-refractivity contribution in [3.63, 3.8) is 0 Å². The zero-order valence-electron chi connectivity index (χ0n) is 8.85. The first kappa shape index (κ1) is 9.83. The molecule has 0 fully saturated rings. The van der Waals surface area contributed by atoms with E-state index in [9.17, 15) is 0 Å². The topological polar surface area (TPSA) is 18.5 Å². The minimum atomic E-state index is -0.835. The van der Waals surface area contributed by atoms with Crippen LogP contribution in [0.4, 0.5) is 0 Å². The van der Waals surface area contributed by atoms with Gasteiger partial charge in [0.1, 0.15) is 5.75 Å². The fraction of sp³-hybridized carbons (Fsp3) is 0. The van der Waals surface area contributed by atoms with Crippen LogP contribution in [0.5, 0.6) is 5.75 Å². The van der Waals surface area contributed by atoms with Gasteiger partial charge in [0.25, 0.3) is 0 Å². The van der Waals surface area contributed by atoms with E-state index in [0.717, 1.165) is 5.75 Å². The molecule has 80 valence electrons. The van der Waals surface area contributed by atoms with Crippen LogP contribution in [0.25, 0.3) is 11.1 Å². The average Bonchev–Trinajstić information content (AvgIpc) is 2.33. The summed E-state index contributed by atoms with van der Waals surface area (Å²) in [6.07, 6.45) is 0. The van der Waals surface area contributed by atoms with Gasteiger partial charge in [-0.05, 0) is 16.8 Å². The summed E-state index contributed by atoms with van der Waals surface area (Å²) in [5.74, 6) is 0.968. The molecule has 0 spiro atoms. The molecule has 2 aromatic rings. The highest BCUT2D eigenvalue weighted by molar-refractivity contribution is 6.55. The summed E-state index contributed by atoms with van der Waals surface area (Å²) in [5, 5.41) is 1.38. The number of rotatable bonds is 0.